The molecule has 2 aromatic carbocycles. The fourth-order valence-electron chi connectivity index (χ4n) is 4.44. The van der Waals surface area contributed by atoms with Crippen molar-refractivity contribution in [2.75, 3.05) is 26.7 Å². The Labute approximate surface area is 195 Å². The van der Waals surface area contributed by atoms with Gasteiger partial charge in [0.1, 0.15) is 12.3 Å². The lowest BCUT2D eigenvalue weighted by molar-refractivity contribution is -0.134. The minimum absolute atomic E-state index is 0.0386. The van der Waals surface area contributed by atoms with Crippen LogP contribution in [0, 0.1) is 6.92 Å². The van der Waals surface area contributed by atoms with Crippen molar-refractivity contribution >= 4 is 11.8 Å². The fourth-order valence-corrected chi connectivity index (χ4v) is 4.44. The Morgan fingerprint density at radius 2 is 1.76 bits per heavy atom. The minimum Gasteiger partial charge on any atom is -0.497 e. The van der Waals surface area contributed by atoms with Gasteiger partial charge in [-0.25, -0.2) is 0 Å². The molecule has 0 spiro atoms. The highest BCUT2D eigenvalue weighted by molar-refractivity contribution is 5.96. The van der Waals surface area contributed by atoms with Gasteiger partial charge in [-0.15, -0.1) is 0 Å². The van der Waals surface area contributed by atoms with Gasteiger partial charge in [0.25, 0.3) is 5.91 Å². The molecule has 172 valence electrons. The lowest BCUT2D eigenvalue weighted by atomic mass is 9.98. The van der Waals surface area contributed by atoms with Crippen molar-refractivity contribution in [2.24, 2.45) is 0 Å². The number of ether oxygens (including phenoxy) is 1. The topological polar surface area (TPSA) is 54.8 Å². The molecule has 0 fully saturated rings. The Hall–Kier alpha value is -3.54. The second kappa shape index (κ2) is 9.94. The first-order valence-corrected chi connectivity index (χ1v) is 11.5. The first-order valence-electron chi connectivity index (χ1n) is 11.5. The van der Waals surface area contributed by atoms with Crippen LogP contribution >= 0.6 is 0 Å². The average Bonchev–Trinajstić information content (AvgIpc) is 3.32. The number of hydrogen-bond acceptors (Lipinski definition) is 3. The lowest BCUT2D eigenvalue weighted by Crippen LogP contribution is -2.48. The first-order chi connectivity index (χ1) is 16.0. The summed E-state index contributed by atoms with van der Waals surface area (Å²) < 4.78 is 7.41. The largest absolute Gasteiger partial charge is 0.497 e. The van der Waals surface area contributed by atoms with E-state index in [0.717, 1.165) is 24.2 Å². The van der Waals surface area contributed by atoms with Crippen LogP contribution in [0.3, 0.4) is 0 Å². The van der Waals surface area contributed by atoms with Crippen molar-refractivity contribution in [1.29, 1.82) is 0 Å². The lowest BCUT2D eigenvalue weighted by Gasteiger charge is -2.38. The van der Waals surface area contributed by atoms with Crippen molar-refractivity contribution in [3.63, 3.8) is 0 Å². The number of benzene rings is 2. The molecule has 0 saturated heterocycles. The normalized spacial score (nSPS) is 15.1. The number of hydrogen-bond donors (Lipinski definition) is 0. The van der Waals surface area contributed by atoms with Crippen LogP contribution < -0.4 is 4.74 Å². The molecule has 2 heterocycles. The number of aryl methyl sites for hydroxylation is 1. The summed E-state index contributed by atoms with van der Waals surface area (Å²) in [5.74, 6) is 0.519. The van der Waals surface area contributed by atoms with E-state index in [1.807, 2.05) is 17.9 Å². The van der Waals surface area contributed by atoms with E-state index in [1.165, 1.54) is 5.56 Å². The molecule has 0 bridgehead atoms. The van der Waals surface area contributed by atoms with E-state index in [9.17, 15) is 9.59 Å². The number of aromatic nitrogens is 1. The van der Waals surface area contributed by atoms with Crippen molar-refractivity contribution in [3.05, 3.63) is 89.2 Å². The maximum absolute atomic E-state index is 13.6. The maximum Gasteiger partial charge on any atom is 0.254 e. The summed E-state index contributed by atoms with van der Waals surface area (Å²) in [7, 11) is 1.60. The quantitative estimate of drug-likeness (QED) is 0.545. The summed E-state index contributed by atoms with van der Waals surface area (Å²) in [4.78, 5) is 30.4. The Balaban J connectivity index is 1.58. The molecule has 2 amide bonds. The van der Waals surface area contributed by atoms with E-state index < -0.39 is 0 Å². The third-order valence-electron chi connectivity index (χ3n) is 6.20. The zero-order valence-corrected chi connectivity index (χ0v) is 19.5. The van der Waals surface area contributed by atoms with Crippen molar-refractivity contribution in [3.8, 4) is 5.75 Å². The molecule has 1 aliphatic rings. The van der Waals surface area contributed by atoms with Crippen LogP contribution in [0.25, 0.3) is 0 Å². The van der Waals surface area contributed by atoms with Crippen molar-refractivity contribution < 1.29 is 14.3 Å². The van der Waals surface area contributed by atoms with Gasteiger partial charge in [0.2, 0.25) is 5.91 Å². The molecule has 3 aromatic rings. The third kappa shape index (κ3) is 4.80. The highest BCUT2D eigenvalue weighted by Crippen LogP contribution is 2.32. The predicted molar refractivity (Wildman–Crippen MR) is 128 cm³/mol. The van der Waals surface area contributed by atoms with Crippen molar-refractivity contribution in [1.82, 2.24) is 14.4 Å². The number of rotatable bonds is 7. The Kier molecular flexibility index (Phi) is 6.82. The van der Waals surface area contributed by atoms with E-state index in [1.54, 1.807) is 36.3 Å². The smallest absolute Gasteiger partial charge is 0.254 e. The minimum atomic E-state index is -0.165. The molecule has 4 rings (SSSR count). The number of carbonyl (C=O) groups is 2. The third-order valence-corrected chi connectivity index (χ3v) is 6.20. The average molecular weight is 446 g/mol. The highest BCUT2D eigenvalue weighted by atomic mass is 16.5. The maximum atomic E-state index is 13.6. The van der Waals surface area contributed by atoms with Gasteiger partial charge in [-0.05, 0) is 55.3 Å². The number of fused-ring (bicyclic) bond motifs is 1. The molecular weight excluding hydrogens is 414 g/mol. The Bertz CT molecular complexity index is 1100. The molecule has 6 nitrogen and oxygen atoms in total. The van der Waals surface area contributed by atoms with E-state index in [2.05, 4.69) is 48.0 Å². The molecule has 1 aromatic heterocycles. The molecule has 33 heavy (non-hydrogen) atoms. The molecular formula is C27H31N3O3. The SMILES string of the molecule is CCCN(CC(=O)N1CCn2cccc2C1c1ccc(C)cc1)C(=O)c1ccc(OC)cc1. The molecule has 0 aliphatic carbocycles. The molecule has 1 unspecified atom stereocenters. The molecule has 1 atom stereocenters. The molecule has 0 saturated carbocycles. The fraction of sp³-hybridized carbons (Fsp3) is 0.333. The van der Waals surface area contributed by atoms with Gasteiger partial charge in [0.15, 0.2) is 0 Å². The van der Waals surface area contributed by atoms with Crippen LogP contribution in [0.4, 0.5) is 0 Å². The van der Waals surface area contributed by atoms with E-state index in [4.69, 9.17) is 4.74 Å². The van der Waals surface area contributed by atoms with Gasteiger partial charge < -0.3 is 19.1 Å². The van der Waals surface area contributed by atoms with Crippen LogP contribution in [-0.2, 0) is 11.3 Å². The van der Waals surface area contributed by atoms with Gasteiger partial charge in [-0.2, -0.15) is 0 Å². The number of nitrogens with zero attached hydrogens (tertiary/aromatic N) is 3. The monoisotopic (exact) mass is 445 g/mol. The molecule has 0 radical (unpaired) electrons. The predicted octanol–water partition coefficient (Wildman–Crippen LogP) is 4.29. The zero-order valence-electron chi connectivity index (χ0n) is 19.5. The summed E-state index contributed by atoms with van der Waals surface area (Å²) in [6.07, 6.45) is 2.84. The standard InChI is InChI=1S/C27H31N3O3/c1-4-15-29(27(32)22-11-13-23(33-3)14-12-22)19-25(31)30-18-17-28-16-5-6-24(28)26(30)21-9-7-20(2)8-10-21/h5-14,16,26H,4,15,17-19H2,1-3H3. The van der Waals surface area contributed by atoms with Gasteiger partial charge >= 0.3 is 0 Å². The summed E-state index contributed by atoms with van der Waals surface area (Å²) in [6, 6.07) is 19.3. The van der Waals surface area contributed by atoms with Crippen LogP contribution in [-0.4, -0.2) is 52.9 Å². The molecule has 1 aliphatic heterocycles. The summed E-state index contributed by atoms with van der Waals surface area (Å²) in [5, 5.41) is 0. The van der Waals surface area contributed by atoms with Crippen LogP contribution in [0.1, 0.15) is 46.6 Å². The van der Waals surface area contributed by atoms with E-state index in [-0.39, 0.29) is 24.4 Å². The Morgan fingerprint density at radius 3 is 2.42 bits per heavy atom. The Morgan fingerprint density at radius 1 is 1.03 bits per heavy atom. The summed E-state index contributed by atoms with van der Waals surface area (Å²) in [6.45, 7) is 6.01. The van der Waals surface area contributed by atoms with Crippen LogP contribution in [0.2, 0.25) is 0 Å². The summed E-state index contributed by atoms with van der Waals surface area (Å²) in [5.41, 5.74) is 3.92. The number of carbonyl (C=O) groups excluding carboxylic acids is 2. The van der Waals surface area contributed by atoms with Crippen LogP contribution in [0.5, 0.6) is 5.75 Å². The van der Waals surface area contributed by atoms with E-state index >= 15 is 0 Å². The summed E-state index contributed by atoms with van der Waals surface area (Å²) >= 11 is 0. The second-order valence-electron chi connectivity index (χ2n) is 8.48. The second-order valence-corrected chi connectivity index (χ2v) is 8.48. The molecule has 6 heteroatoms. The zero-order chi connectivity index (χ0) is 23.4. The van der Waals surface area contributed by atoms with E-state index in [0.29, 0.717) is 24.4 Å². The van der Waals surface area contributed by atoms with Gasteiger partial charge in [0, 0.05) is 37.1 Å². The highest BCUT2D eigenvalue weighted by Gasteiger charge is 2.33. The van der Waals surface area contributed by atoms with Crippen LogP contribution in [0.15, 0.2) is 66.9 Å². The van der Waals surface area contributed by atoms with Gasteiger partial charge in [-0.3, -0.25) is 9.59 Å². The van der Waals surface area contributed by atoms with Gasteiger partial charge in [-0.1, -0.05) is 36.8 Å². The number of methoxy groups -OCH3 is 1. The van der Waals surface area contributed by atoms with Crippen molar-refractivity contribution in [2.45, 2.75) is 32.9 Å². The van der Waals surface area contributed by atoms with Gasteiger partial charge in [0.05, 0.1) is 13.2 Å². The molecule has 0 N–H and O–H groups in total. The first kappa shape index (κ1) is 22.6. The number of amides is 2.